The molecule has 0 aliphatic rings. The van der Waals surface area contributed by atoms with Crippen LogP contribution >= 0.6 is 0 Å². The van der Waals surface area contributed by atoms with Gasteiger partial charge in [0.2, 0.25) is 0 Å². The van der Waals surface area contributed by atoms with Crippen molar-refractivity contribution < 1.29 is 28.6 Å². The van der Waals surface area contributed by atoms with Crippen LogP contribution in [0.1, 0.15) is 367 Å². The van der Waals surface area contributed by atoms with Crippen LogP contribution in [-0.4, -0.2) is 37.2 Å². The number of unbranched alkanes of at least 4 members (excludes halogenated alkanes) is 46. The number of hydrogen-bond donors (Lipinski definition) is 0. The number of hydrogen-bond acceptors (Lipinski definition) is 6. The van der Waals surface area contributed by atoms with E-state index in [-0.39, 0.29) is 31.1 Å². The maximum absolute atomic E-state index is 12.9. The Kier molecular flexibility index (Phi) is 60.6. The number of esters is 3. The molecule has 430 valence electrons. The van der Waals surface area contributed by atoms with Gasteiger partial charge in [-0.3, -0.25) is 14.4 Å². The molecule has 0 saturated carbocycles. The fourth-order valence-corrected chi connectivity index (χ4v) is 10.0. The van der Waals surface area contributed by atoms with E-state index in [1.165, 1.54) is 257 Å². The SMILES string of the molecule is CCCCC/C=C\C/C=C\CCCCCCCCCC(=O)OC(COC(=O)CCCCCCCCCCCCCCCC)COC(=O)CCCCCCCCCCCCCCCCCCCCCCCCCC. The highest BCUT2D eigenvalue weighted by Gasteiger charge is 2.19. The number of carbonyl (C=O) groups is 3. The second kappa shape index (κ2) is 62.4. The predicted octanol–water partition coefficient (Wildman–Crippen LogP) is 22.2. The highest BCUT2D eigenvalue weighted by molar-refractivity contribution is 5.71. The van der Waals surface area contributed by atoms with E-state index < -0.39 is 6.10 Å². The van der Waals surface area contributed by atoms with Gasteiger partial charge in [0.15, 0.2) is 6.10 Å². The average Bonchev–Trinajstić information content (AvgIpc) is 3.39. The van der Waals surface area contributed by atoms with E-state index in [9.17, 15) is 14.4 Å². The fraction of sp³-hybridized carbons (Fsp3) is 0.896. The molecule has 1 atom stereocenters. The van der Waals surface area contributed by atoms with Gasteiger partial charge in [-0.2, -0.15) is 0 Å². The van der Waals surface area contributed by atoms with Crippen LogP contribution in [0.5, 0.6) is 0 Å². The van der Waals surface area contributed by atoms with Crippen LogP contribution in [0, 0.1) is 0 Å². The van der Waals surface area contributed by atoms with Gasteiger partial charge in [-0.25, -0.2) is 0 Å². The van der Waals surface area contributed by atoms with Crippen molar-refractivity contribution in [3.8, 4) is 0 Å². The second-order valence-corrected chi connectivity index (χ2v) is 22.4. The Morgan fingerprint density at radius 2 is 0.493 bits per heavy atom. The van der Waals surface area contributed by atoms with Gasteiger partial charge in [0.05, 0.1) is 0 Å². The lowest BCUT2D eigenvalue weighted by Gasteiger charge is -2.18. The molecule has 1 unspecified atom stereocenters. The maximum Gasteiger partial charge on any atom is 0.306 e. The molecule has 0 aromatic rings. The number of rotatable bonds is 61. The summed E-state index contributed by atoms with van der Waals surface area (Å²) in [6, 6.07) is 0. The van der Waals surface area contributed by atoms with E-state index in [1.54, 1.807) is 0 Å². The number of allylic oxidation sites excluding steroid dienone is 4. The molecule has 0 rings (SSSR count). The Labute approximate surface area is 455 Å². The Balaban J connectivity index is 4.25. The van der Waals surface area contributed by atoms with Crippen molar-refractivity contribution in [2.45, 2.75) is 374 Å². The van der Waals surface area contributed by atoms with E-state index in [2.05, 4.69) is 45.1 Å². The van der Waals surface area contributed by atoms with Gasteiger partial charge in [-0.15, -0.1) is 0 Å². The van der Waals surface area contributed by atoms with Crippen molar-refractivity contribution in [1.29, 1.82) is 0 Å². The minimum Gasteiger partial charge on any atom is -0.462 e. The monoisotopic (exact) mass is 1030 g/mol. The fourth-order valence-electron chi connectivity index (χ4n) is 10.0. The average molecular weight is 1030 g/mol. The molecular weight excluding hydrogens is 901 g/mol. The summed E-state index contributed by atoms with van der Waals surface area (Å²) in [6.07, 6.45) is 74.7. The molecule has 0 bridgehead atoms. The number of carbonyl (C=O) groups excluding carboxylic acids is 3. The quantitative estimate of drug-likeness (QED) is 0.0261. The molecule has 0 aliphatic carbocycles. The molecule has 0 heterocycles. The molecule has 0 saturated heterocycles. The summed E-state index contributed by atoms with van der Waals surface area (Å²) < 4.78 is 16.9. The lowest BCUT2D eigenvalue weighted by molar-refractivity contribution is -0.167. The second-order valence-electron chi connectivity index (χ2n) is 22.4. The highest BCUT2D eigenvalue weighted by atomic mass is 16.6. The topological polar surface area (TPSA) is 78.9 Å². The summed E-state index contributed by atoms with van der Waals surface area (Å²) in [5, 5.41) is 0. The molecule has 0 fully saturated rings. The first-order valence-corrected chi connectivity index (χ1v) is 32.8. The third kappa shape index (κ3) is 60.6. The lowest BCUT2D eigenvalue weighted by Crippen LogP contribution is -2.30. The van der Waals surface area contributed by atoms with Crippen molar-refractivity contribution in [3.63, 3.8) is 0 Å². The van der Waals surface area contributed by atoms with Crippen LogP contribution in [0.25, 0.3) is 0 Å². The van der Waals surface area contributed by atoms with E-state index >= 15 is 0 Å². The molecule has 6 heteroatoms. The summed E-state index contributed by atoms with van der Waals surface area (Å²) in [5.41, 5.74) is 0. The third-order valence-corrected chi connectivity index (χ3v) is 15.0. The Hall–Kier alpha value is -2.11. The summed E-state index contributed by atoms with van der Waals surface area (Å²) in [7, 11) is 0. The van der Waals surface area contributed by atoms with Crippen LogP contribution in [0.2, 0.25) is 0 Å². The molecular formula is C67H126O6. The van der Waals surface area contributed by atoms with E-state index in [1.807, 2.05) is 0 Å². The molecule has 0 aromatic heterocycles. The van der Waals surface area contributed by atoms with E-state index in [0.717, 1.165) is 70.6 Å². The zero-order valence-corrected chi connectivity index (χ0v) is 49.4. The van der Waals surface area contributed by atoms with Gasteiger partial charge in [-0.05, 0) is 51.4 Å². The van der Waals surface area contributed by atoms with Crippen LogP contribution in [-0.2, 0) is 28.6 Å². The molecule has 0 aromatic carbocycles. The van der Waals surface area contributed by atoms with E-state index in [4.69, 9.17) is 14.2 Å². The minimum atomic E-state index is -0.771. The molecule has 73 heavy (non-hydrogen) atoms. The van der Waals surface area contributed by atoms with Gasteiger partial charge in [-0.1, -0.05) is 321 Å². The van der Waals surface area contributed by atoms with Crippen LogP contribution in [0.15, 0.2) is 24.3 Å². The van der Waals surface area contributed by atoms with Gasteiger partial charge < -0.3 is 14.2 Å². The maximum atomic E-state index is 12.9. The van der Waals surface area contributed by atoms with Gasteiger partial charge in [0.25, 0.3) is 0 Å². The molecule has 0 spiro atoms. The van der Waals surface area contributed by atoms with Crippen molar-refractivity contribution in [3.05, 3.63) is 24.3 Å². The van der Waals surface area contributed by atoms with Gasteiger partial charge in [0.1, 0.15) is 13.2 Å². The van der Waals surface area contributed by atoms with Crippen molar-refractivity contribution >= 4 is 17.9 Å². The Morgan fingerprint density at radius 3 is 0.781 bits per heavy atom. The lowest BCUT2D eigenvalue weighted by atomic mass is 10.0. The molecule has 6 nitrogen and oxygen atoms in total. The van der Waals surface area contributed by atoms with Gasteiger partial charge in [0, 0.05) is 19.3 Å². The molecule has 0 amide bonds. The molecule has 0 N–H and O–H groups in total. The summed E-state index contributed by atoms with van der Waals surface area (Å²) >= 11 is 0. The van der Waals surface area contributed by atoms with Crippen LogP contribution in [0.4, 0.5) is 0 Å². The summed E-state index contributed by atoms with van der Waals surface area (Å²) in [6.45, 7) is 6.68. The minimum absolute atomic E-state index is 0.0684. The summed E-state index contributed by atoms with van der Waals surface area (Å²) in [5.74, 6) is -0.848. The zero-order chi connectivity index (χ0) is 52.9. The van der Waals surface area contributed by atoms with Crippen LogP contribution in [0.3, 0.4) is 0 Å². The zero-order valence-electron chi connectivity index (χ0n) is 49.4. The number of ether oxygens (including phenoxy) is 3. The molecule has 0 aliphatic heterocycles. The highest BCUT2D eigenvalue weighted by Crippen LogP contribution is 2.18. The predicted molar refractivity (Wildman–Crippen MR) is 316 cm³/mol. The normalized spacial score (nSPS) is 12.1. The first-order valence-electron chi connectivity index (χ1n) is 32.8. The third-order valence-electron chi connectivity index (χ3n) is 15.0. The summed E-state index contributed by atoms with van der Waals surface area (Å²) in [4.78, 5) is 38.3. The molecule has 0 radical (unpaired) electrons. The van der Waals surface area contributed by atoms with Crippen LogP contribution < -0.4 is 0 Å². The Bertz CT molecular complexity index is 1180. The van der Waals surface area contributed by atoms with Gasteiger partial charge >= 0.3 is 17.9 Å². The van der Waals surface area contributed by atoms with Crippen molar-refractivity contribution in [2.75, 3.05) is 13.2 Å². The standard InChI is InChI=1S/C67H126O6/c1-4-7-10-13-16-19-22-25-28-30-31-32-33-34-35-36-38-39-42-45-48-51-54-57-60-66(69)72-63-64(62-71-65(68)59-56-53-50-47-44-41-27-24-21-18-15-12-9-6-3)73-67(70)61-58-55-52-49-46-43-40-37-29-26-23-20-17-14-11-8-5-2/h17,20,26,29,64H,4-16,18-19,21-25,27-28,30-63H2,1-3H3/b20-17-,29-26-. The first kappa shape index (κ1) is 70.9. The van der Waals surface area contributed by atoms with E-state index in [0.29, 0.717) is 19.3 Å². The largest absolute Gasteiger partial charge is 0.462 e. The van der Waals surface area contributed by atoms with Crippen molar-refractivity contribution in [1.82, 2.24) is 0 Å². The smallest absolute Gasteiger partial charge is 0.306 e. The Morgan fingerprint density at radius 1 is 0.274 bits per heavy atom. The first-order chi connectivity index (χ1) is 36.0. The van der Waals surface area contributed by atoms with Crippen molar-refractivity contribution in [2.24, 2.45) is 0 Å².